The summed E-state index contributed by atoms with van der Waals surface area (Å²) in [6.45, 7) is 12.3. The maximum absolute atomic E-state index is 4.53. The van der Waals surface area contributed by atoms with E-state index in [1.807, 2.05) is 6.20 Å². The van der Waals surface area contributed by atoms with Gasteiger partial charge in [0, 0.05) is 12.2 Å². The molecule has 0 saturated heterocycles. The Hall–Kier alpha value is -0.890. The molecule has 0 aromatic carbocycles. The van der Waals surface area contributed by atoms with Gasteiger partial charge in [0.2, 0.25) is 0 Å². The average Bonchev–Trinajstić information content (AvgIpc) is 2.28. The predicted octanol–water partition coefficient (Wildman–Crippen LogP) is 4.26. The van der Waals surface area contributed by atoms with Crippen molar-refractivity contribution in [2.75, 3.05) is 6.54 Å². The number of hydrogen-bond acceptors (Lipinski definition) is 2. The van der Waals surface area contributed by atoms with E-state index in [4.69, 9.17) is 0 Å². The van der Waals surface area contributed by atoms with E-state index in [9.17, 15) is 0 Å². The Morgan fingerprint density at radius 3 is 2.61 bits per heavy atom. The minimum Gasteiger partial charge on any atom is -0.309 e. The Labute approximate surface area is 112 Å². The van der Waals surface area contributed by atoms with Gasteiger partial charge in [0.25, 0.3) is 0 Å². The summed E-state index contributed by atoms with van der Waals surface area (Å²) < 4.78 is 0. The van der Waals surface area contributed by atoms with Gasteiger partial charge >= 0.3 is 0 Å². The van der Waals surface area contributed by atoms with Gasteiger partial charge in [-0.1, -0.05) is 27.7 Å². The molecule has 1 aromatic heterocycles. The van der Waals surface area contributed by atoms with Crippen LogP contribution in [-0.2, 0) is 0 Å². The molecule has 1 aromatic rings. The molecular formula is C16H28N2. The molecule has 0 aliphatic carbocycles. The van der Waals surface area contributed by atoms with Crippen LogP contribution in [0, 0.1) is 12.3 Å². The Bertz CT molecular complexity index is 352. The van der Waals surface area contributed by atoms with Gasteiger partial charge in [-0.3, -0.25) is 4.98 Å². The minimum absolute atomic E-state index is 0.385. The first-order valence-electron chi connectivity index (χ1n) is 7.08. The third kappa shape index (κ3) is 5.63. The number of nitrogens with one attached hydrogen (secondary N) is 1. The monoisotopic (exact) mass is 248 g/mol. The zero-order valence-electron chi connectivity index (χ0n) is 12.6. The Balaban J connectivity index is 2.71. The minimum atomic E-state index is 0.385. The van der Waals surface area contributed by atoms with E-state index in [0.717, 1.165) is 19.4 Å². The highest BCUT2D eigenvalue weighted by atomic mass is 14.9. The van der Waals surface area contributed by atoms with Gasteiger partial charge in [-0.25, -0.2) is 0 Å². The maximum Gasteiger partial charge on any atom is 0.0575 e. The zero-order chi connectivity index (χ0) is 13.6. The number of pyridine rings is 1. The van der Waals surface area contributed by atoms with E-state index in [1.165, 1.54) is 17.7 Å². The molecule has 2 nitrogen and oxygen atoms in total. The van der Waals surface area contributed by atoms with Crippen molar-refractivity contribution < 1.29 is 0 Å². The third-order valence-corrected chi connectivity index (χ3v) is 3.12. The molecular weight excluding hydrogens is 220 g/mol. The largest absolute Gasteiger partial charge is 0.309 e. The Kier molecular flexibility index (Phi) is 5.80. The average molecular weight is 248 g/mol. The van der Waals surface area contributed by atoms with Crippen LogP contribution in [0.1, 0.15) is 64.3 Å². The second-order valence-electron chi connectivity index (χ2n) is 6.36. The van der Waals surface area contributed by atoms with Crippen LogP contribution in [-0.4, -0.2) is 11.5 Å². The first kappa shape index (κ1) is 15.2. The summed E-state index contributed by atoms with van der Waals surface area (Å²) in [5.74, 6) is 0. The van der Waals surface area contributed by atoms with Gasteiger partial charge in [-0.15, -0.1) is 0 Å². The quantitative estimate of drug-likeness (QED) is 0.813. The van der Waals surface area contributed by atoms with Crippen LogP contribution in [0.25, 0.3) is 0 Å². The van der Waals surface area contributed by atoms with Crippen LogP contribution in [0.5, 0.6) is 0 Å². The van der Waals surface area contributed by atoms with E-state index < -0.39 is 0 Å². The summed E-state index contributed by atoms with van der Waals surface area (Å²) in [6, 6.07) is 4.66. The zero-order valence-corrected chi connectivity index (χ0v) is 12.6. The van der Waals surface area contributed by atoms with Crippen LogP contribution < -0.4 is 5.32 Å². The van der Waals surface area contributed by atoms with E-state index in [2.05, 4.69) is 57.1 Å². The second-order valence-corrected chi connectivity index (χ2v) is 6.36. The normalized spacial score (nSPS) is 13.6. The molecule has 0 amide bonds. The Morgan fingerprint density at radius 1 is 1.33 bits per heavy atom. The van der Waals surface area contributed by atoms with E-state index in [1.54, 1.807) is 0 Å². The number of hydrogen-bond donors (Lipinski definition) is 1. The fraction of sp³-hybridized carbons (Fsp3) is 0.688. The van der Waals surface area contributed by atoms with Gasteiger partial charge in [0.15, 0.2) is 0 Å². The number of aromatic nitrogens is 1. The van der Waals surface area contributed by atoms with E-state index >= 15 is 0 Å². The van der Waals surface area contributed by atoms with Crippen molar-refractivity contribution in [2.24, 2.45) is 5.41 Å². The molecule has 0 fully saturated rings. The number of nitrogens with zero attached hydrogens (tertiary/aromatic N) is 1. The van der Waals surface area contributed by atoms with Crippen molar-refractivity contribution in [2.45, 2.75) is 59.9 Å². The summed E-state index contributed by atoms with van der Waals surface area (Å²) in [6.07, 6.45) is 5.45. The Morgan fingerprint density at radius 2 is 2.06 bits per heavy atom. The summed E-state index contributed by atoms with van der Waals surface area (Å²) in [4.78, 5) is 4.53. The lowest BCUT2D eigenvalue weighted by atomic mass is 9.88. The highest BCUT2D eigenvalue weighted by Gasteiger charge is 2.17. The van der Waals surface area contributed by atoms with Crippen molar-refractivity contribution in [3.05, 3.63) is 29.6 Å². The number of aryl methyl sites for hydroxylation is 1. The second kappa shape index (κ2) is 6.89. The topological polar surface area (TPSA) is 24.9 Å². The van der Waals surface area contributed by atoms with Crippen molar-refractivity contribution >= 4 is 0 Å². The molecule has 1 N–H and O–H groups in total. The van der Waals surface area contributed by atoms with Crippen LogP contribution in [0.2, 0.25) is 0 Å². The van der Waals surface area contributed by atoms with Gasteiger partial charge < -0.3 is 5.32 Å². The molecule has 1 rings (SSSR count). The van der Waals surface area contributed by atoms with Gasteiger partial charge in [0.1, 0.15) is 0 Å². The van der Waals surface area contributed by atoms with Crippen molar-refractivity contribution in [1.29, 1.82) is 0 Å². The van der Waals surface area contributed by atoms with E-state index in [-0.39, 0.29) is 0 Å². The molecule has 1 heterocycles. The van der Waals surface area contributed by atoms with Crippen molar-refractivity contribution in [3.63, 3.8) is 0 Å². The van der Waals surface area contributed by atoms with E-state index in [0.29, 0.717) is 11.5 Å². The lowest BCUT2D eigenvalue weighted by molar-refractivity contribution is 0.330. The predicted molar refractivity (Wildman–Crippen MR) is 78.7 cm³/mol. The lowest BCUT2D eigenvalue weighted by Crippen LogP contribution is -2.24. The summed E-state index contributed by atoms with van der Waals surface area (Å²) in [5, 5.41) is 3.62. The molecule has 1 atom stereocenters. The molecule has 2 heteroatoms. The summed E-state index contributed by atoms with van der Waals surface area (Å²) in [7, 11) is 0. The molecule has 18 heavy (non-hydrogen) atoms. The molecule has 0 radical (unpaired) electrons. The van der Waals surface area contributed by atoms with Crippen molar-refractivity contribution in [1.82, 2.24) is 10.3 Å². The van der Waals surface area contributed by atoms with Gasteiger partial charge in [-0.05, 0) is 55.8 Å². The van der Waals surface area contributed by atoms with Crippen LogP contribution in [0.15, 0.2) is 18.3 Å². The third-order valence-electron chi connectivity index (χ3n) is 3.12. The molecule has 1 unspecified atom stereocenters. The van der Waals surface area contributed by atoms with Crippen LogP contribution in [0.4, 0.5) is 0 Å². The fourth-order valence-corrected chi connectivity index (χ4v) is 2.00. The number of rotatable bonds is 6. The molecule has 102 valence electrons. The van der Waals surface area contributed by atoms with Crippen LogP contribution in [0.3, 0.4) is 0 Å². The molecule has 0 bridgehead atoms. The van der Waals surface area contributed by atoms with Gasteiger partial charge in [0.05, 0.1) is 5.69 Å². The highest BCUT2D eigenvalue weighted by molar-refractivity contribution is 5.17. The first-order valence-corrected chi connectivity index (χ1v) is 7.08. The molecule has 0 saturated carbocycles. The first-order chi connectivity index (χ1) is 8.42. The summed E-state index contributed by atoms with van der Waals surface area (Å²) >= 11 is 0. The maximum atomic E-state index is 4.53. The van der Waals surface area contributed by atoms with Crippen LogP contribution >= 0.6 is 0 Å². The smallest absolute Gasteiger partial charge is 0.0575 e. The SMILES string of the molecule is CCCNC(CCC(C)(C)C)c1cc(C)ccn1. The lowest BCUT2D eigenvalue weighted by Gasteiger charge is -2.24. The van der Waals surface area contributed by atoms with Gasteiger partial charge in [-0.2, -0.15) is 0 Å². The fourth-order valence-electron chi connectivity index (χ4n) is 2.00. The molecule has 0 aliphatic rings. The molecule has 0 spiro atoms. The van der Waals surface area contributed by atoms with Crippen molar-refractivity contribution in [3.8, 4) is 0 Å². The standard InChI is InChI=1S/C16H28N2/c1-6-10-17-14(7-9-16(3,4)5)15-12-13(2)8-11-18-15/h8,11-12,14,17H,6-7,9-10H2,1-5H3. The highest BCUT2D eigenvalue weighted by Crippen LogP contribution is 2.26. The summed E-state index contributed by atoms with van der Waals surface area (Å²) in [5.41, 5.74) is 2.86. The molecule has 0 aliphatic heterocycles.